The van der Waals surface area contributed by atoms with Crippen LogP contribution in [-0.2, 0) is 4.79 Å². The molecule has 0 aromatic carbocycles. The van der Waals surface area contributed by atoms with Gasteiger partial charge in [-0.3, -0.25) is 14.6 Å². The summed E-state index contributed by atoms with van der Waals surface area (Å²) in [6.45, 7) is 0. The molecule has 0 spiro atoms. The van der Waals surface area contributed by atoms with Crippen molar-refractivity contribution in [1.29, 1.82) is 0 Å². The van der Waals surface area contributed by atoms with E-state index in [-0.39, 0.29) is 17.7 Å². The molecule has 112 valence electrons. The number of hydrogen-bond acceptors (Lipinski definition) is 4. The van der Waals surface area contributed by atoms with Crippen molar-refractivity contribution in [2.24, 2.45) is 5.92 Å². The van der Waals surface area contributed by atoms with Gasteiger partial charge in [0.25, 0.3) is 5.91 Å². The summed E-state index contributed by atoms with van der Waals surface area (Å²) in [6, 6.07) is 6.67. The fourth-order valence-corrected chi connectivity index (χ4v) is 2.18. The summed E-state index contributed by atoms with van der Waals surface area (Å²) in [5.41, 5.74) is 1.05. The van der Waals surface area contributed by atoms with Crippen molar-refractivity contribution in [3.63, 3.8) is 0 Å². The first-order chi connectivity index (χ1) is 10.7. The number of nitrogens with zero attached hydrogens (tertiary/aromatic N) is 2. The molecule has 0 unspecified atom stereocenters. The molecule has 0 radical (unpaired) electrons. The molecule has 2 amide bonds. The molecule has 0 saturated heterocycles. The van der Waals surface area contributed by atoms with Gasteiger partial charge in [-0.2, -0.15) is 0 Å². The van der Waals surface area contributed by atoms with E-state index in [1.54, 1.807) is 36.7 Å². The van der Waals surface area contributed by atoms with E-state index in [4.69, 9.17) is 0 Å². The normalized spacial score (nSPS) is 14.0. The van der Waals surface area contributed by atoms with Crippen LogP contribution >= 0.6 is 0 Å². The van der Waals surface area contributed by atoms with Gasteiger partial charge in [0.1, 0.15) is 5.82 Å². The molecule has 0 bridgehead atoms. The lowest BCUT2D eigenvalue weighted by atomic mass is 9.85. The second kappa shape index (κ2) is 6.34. The molecule has 6 nitrogen and oxygen atoms in total. The Bertz CT molecular complexity index is 684. The Kier molecular flexibility index (Phi) is 4.09. The van der Waals surface area contributed by atoms with Crippen LogP contribution < -0.4 is 10.6 Å². The highest BCUT2D eigenvalue weighted by atomic mass is 16.2. The van der Waals surface area contributed by atoms with Gasteiger partial charge < -0.3 is 10.6 Å². The van der Waals surface area contributed by atoms with Gasteiger partial charge in [0.15, 0.2) is 0 Å². The van der Waals surface area contributed by atoms with Crippen LogP contribution in [0.4, 0.5) is 11.5 Å². The lowest BCUT2D eigenvalue weighted by Crippen LogP contribution is -2.28. The Morgan fingerprint density at radius 3 is 2.68 bits per heavy atom. The van der Waals surface area contributed by atoms with Gasteiger partial charge in [-0.15, -0.1) is 0 Å². The molecule has 0 atom stereocenters. The van der Waals surface area contributed by atoms with Crippen LogP contribution in [-0.4, -0.2) is 21.8 Å². The minimum absolute atomic E-state index is 0.0245. The highest BCUT2D eigenvalue weighted by Crippen LogP contribution is 2.27. The number of pyridine rings is 2. The third kappa shape index (κ3) is 3.28. The van der Waals surface area contributed by atoms with Gasteiger partial charge in [-0.1, -0.05) is 6.42 Å². The van der Waals surface area contributed by atoms with Crippen LogP contribution in [0.25, 0.3) is 0 Å². The van der Waals surface area contributed by atoms with E-state index < -0.39 is 0 Å². The first kappa shape index (κ1) is 14.2. The fourth-order valence-electron chi connectivity index (χ4n) is 2.18. The van der Waals surface area contributed by atoms with Gasteiger partial charge in [0, 0.05) is 23.9 Å². The lowest BCUT2D eigenvalue weighted by Gasteiger charge is -2.23. The standard InChI is InChI=1S/C16H16N4O2/c21-15(11-3-1-4-11)20-14-9-12(6-8-18-14)16(22)19-13-5-2-7-17-10-13/h2,5-11H,1,3-4H2,(H,19,22)(H,18,20,21). The Labute approximate surface area is 128 Å². The molecule has 1 saturated carbocycles. The fraction of sp³-hybridized carbons (Fsp3) is 0.250. The summed E-state index contributed by atoms with van der Waals surface area (Å²) in [4.78, 5) is 32.1. The summed E-state index contributed by atoms with van der Waals surface area (Å²) in [6.07, 6.45) is 7.65. The smallest absolute Gasteiger partial charge is 0.255 e. The lowest BCUT2D eigenvalue weighted by molar-refractivity contribution is -0.122. The molecule has 1 aliphatic carbocycles. The molecular weight excluding hydrogens is 280 g/mol. The zero-order valence-corrected chi connectivity index (χ0v) is 12.0. The van der Waals surface area contributed by atoms with Gasteiger partial charge in [0.2, 0.25) is 5.91 Å². The van der Waals surface area contributed by atoms with Crippen molar-refractivity contribution in [1.82, 2.24) is 9.97 Å². The molecule has 2 heterocycles. The van der Waals surface area contributed by atoms with E-state index in [0.717, 1.165) is 19.3 Å². The zero-order chi connectivity index (χ0) is 15.4. The van der Waals surface area contributed by atoms with Gasteiger partial charge in [-0.25, -0.2) is 4.98 Å². The molecule has 2 aromatic rings. The summed E-state index contributed by atoms with van der Waals surface area (Å²) >= 11 is 0. The molecule has 1 aliphatic rings. The summed E-state index contributed by atoms with van der Waals surface area (Å²) in [5.74, 6) is 0.184. The van der Waals surface area contributed by atoms with Crippen molar-refractivity contribution in [2.45, 2.75) is 19.3 Å². The average molecular weight is 296 g/mol. The molecule has 22 heavy (non-hydrogen) atoms. The third-order valence-corrected chi connectivity index (χ3v) is 3.67. The number of carbonyl (C=O) groups is 2. The predicted molar refractivity (Wildman–Crippen MR) is 82.4 cm³/mol. The Morgan fingerprint density at radius 2 is 2.00 bits per heavy atom. The minimum atomic E-state index is -0.269. The third-order valence-electron chi connectivity index (χ3n) is 3.67. The molecule has 2 N–H and O–H groups in total. The average Bonchev–Trinajstić information content (AvgIpc) is 2.46. The second-order valence-electron chi connectivity index (χ2n) is 5.24. The largest absolute Gasteiger partial charge is 0.321 e. The van der Waals surface area contributed by atoms with E-state index in [9.17, 15) is 9.59 Å². The topological polar surface area (TPSA) is 84.0 Å². The van der Waals surface area contributed by atoms with Crippen molar-refractivity contribution in [2.75, 3.05) is 10.6 Å². The SMILES string of the molecule is O=C(Nc1cccnc1)c1ccnc(NC(=O)C2CCC2)c1. The molecule has 1 fully saturated rings. The van der Waals surface area contributed by atoms with E-state index in [0.29, 0.717) is 17.1 Å². The van der Waals surface area contributed by atoms with Crippen molar-refractivity contribution in [3.8, 4) is 0 Å². The van der Waals surface area contributed by atoms with Crippen molar-refractivity contribution in [3.05, 3.63) is 48.4 Å². The molecule has 6 heteroatoms. The Morgan fingerprint density at radius 1 is 1.14 bits per heavy atom. The number of aromatic nitrogens is 2. The molecular formula is C16H16N4O2. The molecule has 0 aliphatic heterocycles. The van der Waals surface area contributed by atoms with Gasteiger partial charge in [-0.05, 0) is 37.1 Å². The highest BCUT2D eigenvalue weighted by molar-refractivity contribution is 6.05. The number of anilines is 2. The number of amides is 2. The minimum Gasteiger partial charge on any atom is -0.321 e. The van der Waals surface area contributed by atoms with Gasteiger partial charge in [0.05, 0.1) is 11.9 Å². The maximum atomic E-state index is 12.2. The second-order valence-corrected chi connectivity index (χ2v) is 5.24. The predicted octanol–water partition coefficient (Wildman–Crippen LogP) is 2.47. The van der Waals surface area contributed by atoms with Crippen LogP contribution in [0, 0.1) is 5.92 Å². The monoisotopic (exact) mass is 296 g/mol. The Balaban J connectivity index is 1.67. The van der Waals surface area contributed by atoms with Crippen LogP contribution in [0.5, 0.6) is 0 Å². The van der Waals surface area contributed by atoms with Crippen LogP contribution in [0.3, 0.4) is 0 Å². The first-order valence-corrected chi connectivity index (χ1v) is 7.20. The van der Waals surface area contributed by atoms with Crippen molar-refractivity contribution < 1.29 is 9.59 Å². The zero-order valence-electron chi connectivity index (χ0n) is 12.0. The number of rotatable bonds is 4. The highest BCUT2D eigenvalue weighted by Gasteiger charge is 2.25. The number of nitrogens with one attached hydrogen (secondary N) is 2. The van der Waals surface area contributed by atoms with E-state index in [1.165, 1.54) is 6.20 Å². The van der Waals surface area contributed by atoms with Crippen molar-refractivity contribution >= 4 is 23.3 Å². The Hall–Kier alpha value is -2.76. The summed E-state index contributed by atoms with van der Waals surface area (Å²) in [5, 5.41) is 5.50. The number of hydrogen-bond donors (Lipinski definition) is 2. The van der Waals surface area contributed by atoms with Crippen LogP contribution in [0.2, 0.25) is 0 Å². The van der Waals surface area contributed by atoms with Gasteiger partial charge >= 0.3 is 0 Å². The van der Waals surface area contributed by atoms with E-state index >= 15 is 0 Å². The first-order valence-electron chi connectivity index (χ1n) is 7.20. The summed E-state index contributed by atoms with van der Waals surface area (Å²) in [7, 11) is 0. The summed E-state index contributed by atoms with van der Waals surface area (Å²) < 4.78 is 0. The number of carbonyl (C=O) groups excluding carboxylic acids is 2. The maximum absolute atomic E-state index is 12.2. The maximum Gasteiger partial charge on any atom is 0.255 e. The molecule has 2 aromatic heterocycles. The van der Waals surface area contributed by atoms with Crippen LogP contribution in [0.1, 0.15) is 29.6 Å². The molecule has 3 rings (SSSR count). The van der Waals surface area contributed by atoms with Crippen LogP contribution in [0.15, 0.2) is 42.9 Å². The van der Waals surface area contributed by atoms with E-state index in [2.05, 4.69) is 20.6 Å². The quantitative estimate of drug-likeness (QED) is 0.907. The van der Waals surface area contributed by atoms with E-state index in [1.807, 2.05) is 0 Å².